The molecule has 126 valence electrons. The molecule has 0 aromatic heterocycles. The zero-order valence-electron chi connectivity index (χ0n) is 13.9. The largest absolute Gasteiger partial charge is 0.497 e. The van der Waals surface area contributed by atoms with Crippen LogP contribution in [-0.2, 0) is 4.79 Å². The fraction of sp³-hybridized carbons (Fsp3) is 0.389. The smallest absolute Gasteiger partial charge is 0.227 e. The highest BCUT2D eigenvalue weighted by Gasteiger charge is 2.15. The molecule has 0 aliphatic rings. The van der Waals surface area contributed by atoms with Gasteiger partial charge in [-0.1, -0.05) is 24.3 Å². The zero-order chi connectivity index (χ0) is 15.9. The Hall–Kier alpha value is -1.78. The number of carbonyl (C=O) groups is 1. The van der Waals surface area contributed by atoms with Crippen LogP contribution in [0.15, 0.2) is 36.4 Å². The van der Waals surface area contributed by atoms with Crippen LogP contribution < -0.4 is 15.4 Å². The van der Waals surface area contributed by atoms with Gasteiger partial charge in [-0.25, -0.2) is 0 Å². The van der Waals surface area contributed by atoms with Crippen molar-refractivity contribution in [3.8, 4) is 5.75 Å². The predicted molar refractivity (Wildman–Crippen MR) is 97.7 cm³/mol. The van der Waals surface area contributed by atoms with E-state index >= 15 is 0 Å². The van der Waals surface area contributed by atoms with Gasteiger partial charge < -0.3 is 15.4 Å². The van der Waals surface area contributed by atoms with Gasteiger partial charge in [-0.3, -0.25) is 4.79 Å². The van der Waals surface area contributed by atoms with Gasteiger partial charge in [0.15, 0.2) is 0 Å². The van der Waals surface area contributed by atoms with Gasteiger partial charge in [0.1, 0.15) is 5.75 Å². The average Bonchev–Trinajstić information content (AvgIpc) is 2.56. The third-order valence-corrected chi connectivity index (χ3v) is 3.87. The number of halogens is 1. The van der Waals surface area contributed by atoms with E-state index in [1.807, 2.05) is 44.3 Å². The quantitative estimate of drug-likeness (QED) is 0.764. The molecule has 5 heteroatoms. The molecule has 0 saturated heterocycles. The molecule has 0 aliphatic heterocycles. The molecular weight excluding hydrogens is 312 g/mol. The fourth-order valence-electron chi connectivity index (χ4n) is 2.42. The summed E-state index contributed by atoms with van der Waals surface area (Å²) in [6, 6.07) is 12.1. The molecule has 2 N–H and O–H groups in total. The van der Waals surface area contributed by atoms with Crippen molar-refractivity contribution in [1.82, 2.24) is 10.6 Å². The summed E-state index contributed by atoms with van der Waals surface area (Å²) in [5, 5.41) is 8.29. The van der Waals surface area contributed by atoms with Crippen molar-refractivity contribution in [2.24, 2.45) is 0 Å². The summed E-state index contributed by atoms with van der Waals surface area (Å²) in [6.07, 6.45) is 0.937. The summed E-state index contributed by atoms with van der Waals surface area (Å²) < 4.78 is 5.23. The predicted octanol–water partition coefficient (Wildman–Crippen LogP) is 3.10. The van der Waals surface area contributed by atoms with Gasteiger partial charge in [-0.2, -0.15) is 0 Å². The number of hydrogen-bond acceptors (Lipinski definition) is 3. The minimum Gasteiger partial charge on any atom is -0.497 e. The Balaban J connectivity index is 0.00000264. The summed E-state index contributed by atoms with van der Waals surface area (Å²) >= 11 is 0. The van der Waals surface area contributed by atoms with E-state index in [0.29, 0.717) is 6.54 Å². The molecular formula is C18H25ClN2O2. The van der Waals surface area contributed by atoms with Gasteiger partial charge in [0, 0.05) is 6.54 Å². The van der Waals surface area contributed by atoms with Crippen LogP contribution in [-0.4, -0.2) is 33.2 Å². The molecule has 4 nitrogen and oxygen atoms in total. The van der Waals surface area contributed by atoms with Crippen LogP contribution in [0.25, 0.3) is 10.8 Å². The highest BCUT2D eigenvalue weighted by atomic mass is 35.5. The Morgan fingerprint density at radius 3 is 2.52 bits per heavy atom. The second kappa shape index (κ2) is 9.38. The monoisotopic (exact) mass is 336 g/mol. The third-order valence-electron chi connectivity index (χ3n) is 3.87. The van der Waals surface area contributed by atoms with Crippen LogP contribution in [0.1, 0.15) is 24.8 Å². The second-order valence-electron chi connectivity index (χ2n) is 5.44. The molecule has 0 spiro atoms. The molecule has 2 aromatic carbocycles. The molecule has 1 unspecified atom stereocenters. The number of ether oxygens (including phenoxy) is 1. The number of carbonyl (C=O) groups excluding carboxylic acids is 1. The Morgan fingerprint density at radius 2 is 1.83 bits per heavy atom. The minimum absolute atomic E-state index is 0. The number of nitrogens with one attached hydrogen (secondary N) is 2. The first kappa shape index (κ1) is 19.3. The van der Waals surface area contributed by atoms with E-state index in [0.717, 1.165) is 35.1 Å². The Bertz CT molecular complexity index is 646. The first-order valence-corrected chi connectivity index (χ1v) is 7.65. The van der Waals surface area contributed by atoms with Crippen LogP contribution in [0, 0.1) is 0 Å². The van der Waals surface area contributed by atoms with Gasteiger partial charge in [0.2, 0.25) is 5.91 Å². The number of hydrogen-bond donors (Lipinski definition) is 2. The number of methoxy groups -OCH3 is 1. The van der Waals surface area contributed by atoms with Gasteiger partial charge in [-0.15, -0.1) is 12.4 Å². The fourth-order valence-corrected chi connectivity index (χ4v) is 2.42. The maximum atomic E-state index is 12.2. The number of rotatable bonds is 7. The summed E-state index contributed by atoms with van der Waals surface area (Å²) in [7, 11) is 3.57. The first-order valence-electron chi connectivity index (χ1n) is 7.65. The van der Waals surface area contributed by atoms with Crippen molar-refractivity contribution in [2.75, 3.05) is 27.2 Å². The van der Waals surface area contributed by atoms with Crippen molar-refractivity contribution < 1.29 is 9.53 Å². The third kappa shape index (κ3) is 5.12. The summed E-state index contributed by atoms with van der Waals surface area (Å²) in [5.74, 6) is 0.764. The maximum Gasteiger partial charge on any atom is 0.227 e. The van der Waals surface area contributed by atoms with E-state index in [1.165, 1.54) is 0 Å². The van der Waals surface area contributed by atoms with E-state index in [9.17, 15) is 4.79 Å². The van der Waals surface area contributed by atoms with E-state index in [2.05, 4.69) is 16.7 Å². The van der Waals surface area contributed by atoms with Crippen LogP contribution in [0.3, 0.4) is 0 Å². The van der Waals surface area contributed by atoms with Crippen LogP contribution in [0.5, 0.6) is 5.75 Å². The van der Waals surface area contributed by atoms with Crippen molar-refractivity contribution in [2.45, 2.75) is 19.3 Å². The zero-order valence-corrected chi connectivity index (χ0v) is 14.7. The van der Waals surface area contributed by atoms with Gasteiger partial charge in [0.05, 0.1) is 13.0 Å². The molecule has 0 heterocycles. The Morgan fingerprint density at radius 1 is 1.13 bits per heavy atom. The topological polar surface area (TPSA) is 50.4 Å². The summed E-state index contributed by atoms with van der Waals surface area (Å²) in [4.78, 5) is 12.2. The summed E-state index contributed by atoms with van der Waals surface area (Å²) in [6.45, 7) is 3.55. The van der Waals surface area contributed by atoms with E-state index in [1.54, 1.807) is 7.11 Å². The molecule has 23 heavy (non-hydrogen) atoms. The maximum absolute atomic E-state index is 12.2. The second-order valence-corrected chi connectivity index (χ2v) is 5.44. The highest BCUT2D eigenvalue weighted by Crippen LogP contribution is 2.25. The number of fused-ring (bicyclic) bond motifs is 1. The lowest BCUT2D eigenvalue weighted by molar-refractivity contribution is -0.122. The molecule has 0 saturated carbocycles. The molecule has 2 rings (SSSR count). The van der Waals surface area contributed by atoms with Crippen LogP contribution in [0.2, 0.25) is 0 Å². The average molecular weight is 337 g/mol. The van der Waals surface area contributed by atoms with Crippen LogP contribution in [0.4, 0.5) is 0 Å². The number of benzene rings is 2. The normalized spacial score (nSPS) is 11.6. The molecule has 0 bridgehead atoms. The van der Waals surface area contributed by atoms with Crippen molar-refractivity contribution in [3.63, 3.8) is 0 Å². The molecule has 1 atom stereocenters. The first-order chi connectivity index (χ1) is 10.7. The van der Waals surface area contributed by atoms with E-state index in [-0.39, 0.29) is 24.2 Å². The van der Waals surface area contributed by atoms with E-state index < -0.39 is 0 Å². The lowest BCUT2D eigenvalue weighted by atomic mass is 9.97. The molecule has 2 aromatic rings. The van der Waals surface area contributed by atoms with Crippen LogP contribution >= 0.6 is 12.4 Å². The lowest BCUT2D eigenvalue weighted by Gasteiger charge is -2.13. The highest BCUT2D eigenvalue weighted by molar-refractivity contribution is 5.88. The van der Waals surface area contributed by atoms with Gasteiger partial charge in [0.25, 0.3) is 0 Å². The van der Waals surface area contributed by atoms with Crippen molar-refractivity contribution >= 4 is 29.1 Å². The van der Waals surface area contributed by atoms with Gasteiger partial charge >= 0.3 is 0 Å². The van der Waals surface area contributed by atoms with Crippen molar-refractivity contribution in [3.05, 3.63) is 42.0 Å². The summed E-state index contributed by atoms with van der Waals surface area (Å²) in [5.41, 5.74) is 1.03. The standard InChI is InChI=1S/C18H24N2O2.ClH/c1-13(18(21)20-10-4-9-19-2)14-5-6-16-12-17(22-3)8-7-15(16)11-14;/h5-8,11-13,19H,4,9-10H2,1-3H3,(H,20,21);1H. The van der Waals surface area contributed by atoms with Crippen molar-refractivity contribution in [1.29, 1.82) is 0 Å². The molecule has 0 fully saturated rings. The SMILES string of the molecule is CNCCCNC(=O)C(C)c1ccc2cc(OC)ccc2c1.Cl. The van der Waals surface area contributed by atoms with Gasteiger partial charge in [-0.05, 0) is 55.4 Å². The molecule has 0 aliphatic carbocycles. The minimum atomic E-state index is -0.152. The Labute approximate surface area is 144 Å². The number of amides is 1. The van der Waals surface area contributed by atoms with E-state index in [4.69, 9.17) is 4.74 Å². The molecule has 1 amide bonds. The Kier molecular flexibility index (Phi) is 7.86. The molecule has 0 radical (unpaired) electrons. The lowest BCUT2D eigenvalue weighted by Crippen LogP contribution is -2.30.